The number of hydrogen-bond donors (Lipinski definition) is 2. The Kier molecular flexibility index (Phi) is 4.99. The van der Waals surface area contributed by atoms with E-state index in [1.54, 1.807) is 6.07 Å². The Morgan fingerprint density at radius 1 is 1.44 bits per heavy atom. The van der Waals surface area contributed by atoms with E-state index in [9.17, 15) is 4.79 Å². The summed E-state index contributed by atoms with van der Waals surface area (Å²) < 4.78 is 0. The molecule has 3 heteroatoms. The Bertz CT molecular complexity index is 361. The number of rotatable bonds is 6. The summed E-state index contributed by atoms with van der Waals surface area (Å²) in [5.41, 5.74) is 8.14. The first-order chi connectivity index (χ1) is 7.65. The lowest BCUT2D eigenvalue weighted by Crippen LogP contribution is -2.24. The fraction of sp³-hybridized carbons (Fsp3) is 0.462. The molecule has 88 valence electrons. The van der Waals surface area contributed by atoms with Gasteiger partial charge in [0.1, 0.15) is 0 Å². The molecule has 0 aliphatic rings. The highest BCUT2D eigenvalue weighted by molar-refractivity contribution is 5.98. The van der Waals surface area contributed by atoms with E-state index in [2.05, 4.69) is 12.2 Å². The van der Waals surface area contributed by atoms with Gasteiger partial charge in [0.25, 0.3) is 0 Å². The highest BCUT2D eigenvalue weighted by Gasteiger charge is 2.06. The number of carbonyl (C=O) groups excluding carboxylic acids is 1. The van der Waals surface area contributed by atoms with Crippen LogP contribution in [0.3, 0.4) is 0 Å². The first-order valence-corrected chi connectivity index (χ1v) is 5.75. The Morgan fingerprint density at radius 2 is 2.19 bits per heavy atom. The molecule has 0 bridgehead atoms. The lowest BCUT2D eigenvalue weighted by molar-refractivity contribution is 0.0991. The number of hydrogen-bond acceptors (Lipinski definition) is 3. The van der Waals surface area contributed by atoms with Crippen LogP contribution in [0.4, 0.5) is 5.69 Å². The monoisotopic (exact) mass is 220 g/mol. The van der Waals surface area contributed by atoms with Crippen molar-refractivity contribution in [3.05, 3.63) is 29.3 Å². The van der Waals surface area contributed by atoms with Crippen molar-refractivity contribution in [2.75, 3.05) is 18.8 Å². The molecule has 3 nitrogen and oxygen atoms in total. The van der Waals surface area contributed by atoms with Crippen LogP contribution in [0.1, 0.15) is 35.7 Å². The fourth-order valence-corrected chi connectivity index (χ4v) is 1.42. The number of ketones is 1. The number of anilines is 1. The maximum atomic E-state index is 11.8. The highest BCUT2D eigenvalue weighted by atomic mass is 16.1. The van der Waals surface area contributed by atoms with E-state index in [1.165, 1.54) is 0 Å². The first-order valence-electron chi connectivity index (χ1n) is 5.75. The summed E-state index contributed by atoms with van der Waals surface area (Å²) in [6, 6.07) is 5.46. The van der Waals surface area contributed by atoms with Gasteiger partial charge >= 0.3 is 0 Å². The molecule has 3 N–H and O–H groups in total. The molecule has 0 saturated carbocycles. The van der Waals surface area contributed by atoms with Gasteiger partial charge in [-0.15, -0.1) is 0 Å². The zero-order chi connectivity index (χ0) is 12.0. The Morgan fingerprint density at radius 3 is 2.81 bits per heavy atom. The zero-order valence-corrected chi connectivity index (χ0v) is 10.0. The van der Waals surface area contributed by atoms with Crippen LogP contribution in [0.2, 0.25) is 0 Å². The average Bonchev–Trinajstić information content (AvgIpc) is 2.28. The molecule has 1 rings (SSSR count). The van der Waals surface area contributed by atoms with Gasteiger partial charge in [0.05, 0.1) is 6.54 Å². The summed E-state index contributed by atoms with van der Waals surface area (Å²) in [5.74, 6) is 0.0998. The maximum absolute atomic E-state index is 11.8. The molecule has 0 radical (unpaired) electrons. The topological polar surface area (TPSA) is 55.1 Å². The second-order valence-corrected chi connectivity index (χ2v) is 4.02. The molecular weight excluding hydrogens is 200 g/mol. The standard InChI is InChI=1S/C13H20N2O/c1-3-4-7-15-9-13(16)11-6-5-10(2)12(14)8-11/h5-6,8,15H,3-4,7,9,14H2,1-2H3. The molecule has 1 aromatic carbocycles. The summed E-state index contributed by atoms with van der Waals surface area (Å²) in [5, 5.41) is 3.13. The second kappa shape index (κ2) is 6.28. The smallest absolute Gasteiger partial charge is 0.176 e. The third-order valence-corrected chi connectivity index (χ3v) is 2.59. The Labute approximate surface area is 97.0 Å². The van der Waals surface area contributed by atoms with Gasteiger partial charge in [0, 0.05) is 11.3 Å². The van der Waals surface area contributed by atoms with E-state index >= 15 is 0 Å². The van der Waals surface area contributed by atoms with Gasteiger partial charge in [-0.2, -0.15) is 0 Å². The molecule has 0 unspecified atom stereocenters. The second-order valence-electron chi connectivity index (χ2n) is 4.02. The molecule has 16 heavy (non-hydrogen) atoms. The number of nitrogens with one attached hydrogen (secondary N) is 1. The molecule has 0 fully saturated rings. The van der Waals surface area contributed by atoms with Gasteiger partial charge in [0.15, 0.2) is 5.78 Å². The third kappa shape index (κ3) is 3.66. The van der Waals surface area contributed by atoms with E-state index in [4.69, 9.17) is 5.73 Å². The Hall–Kier alpha value is -1.35. The van der Waals surface area contributed by atoms with Gasteiger partial charge in [-0.05, 0) is 31.5 Å². The quantitative estimate of drug-likeness (QED) is 0.439. The minimum absolute atomic E-state index is 0.0998. The number of carbonyl (C=O) groups is 1. The average molecular weight is 220 g/mol. The molecule has 0 saturated heterocycles. The number of Topliss-reactive ketones (excluding diaryl/α,β-unsaturated/α-hetero) is 1. The van der Waals surface area contributed by atoms with Crippen molar-refractivity contribution in [1.82, 2.24) is 5.32 Å². The van der Waals surface area contributed by atoms with Crippen molar-refractivity contribution >= 4 is 11.5 Å². The SMILES string of the molecule is CCCCNCC(=O)c1ccc(C)c(N)c1. The van der Waals surface area contributed by atoms with Crippen LogP contribution in [0.5, 0.6) is 0 Å². The third-order valence-electron chi connectivity index (χ3n) is 2.59. The summed E-state index contributed by atoms with van der Waals surface area (Å²) in [4.78, 5) is 11.8. The normalized spacial score (nSPS) is 10.4. The van der Waals surface area contributed by atoms with Crippen molar-refractivity contribution in [2.45, 2.75) is 26.7 Å². The van der Waals surface area contributed by atoms with Crippen LogP contribution >= 0.6 is 0 Å². The van der Waals surface area contributed by atoms with Crippen LogP contribution < -0.4 is 11.1 Å². The van der Waals surface area contributed by atoms with E-state index in [0.29, 0.717) is 17.8 Å². The summed E-state index contributed by atoms with van der Waals surface area (Å²) >= 11 is 0. The van der Waals surface area contributed by atoms with Crippen LogP contribution in [0, 0.1) is 6.92 Å². The van der Waals surface area contributed by atoms with E-state index < -0.39 is 0 Å². The number of nitrogens with two attached hydrogens (primary N) is 1. The van der Waals surface area contributed by atoms with E-state index in [0.717, 1.165) is 24.9 Å². The van der Waals surface area contributed by atoms with Crippen LogP contribution in [-0.4, -0.2) is 18.9 Å². The predicted octanol–water partition coefficient (Wildman–Crippen LogP) is 2.15. The van der Waals surface area contributed by atoms with Gasteiger partial charge in [-0.25, -0.2) is 0 Å². The minimum Gasteiger partial charge on any atom is -0.398 e. The van der Waals surface area contributed by atoms with Crippen LogP contribution in [0.25, 0.3) is 0 Å². The molecule has 1 aromatic rings. The largest absolute Gasteiger partial charge is 0.398 e. The van der Waals surface area contributed by atoms with Crippen molar-refractivity contribution in [1.29, 1.82) is 0 Å². The van der Waals surface area contributed by atoms with Crippen molar-refractivity contribution in [3.8, 4) is 0 Å². The van der Waals surface area contributed by atoms with Crippen molar-refractivity contribution in [2.24, 2.45) is 0 Å². The lowest BCUT2D eigenvalue weighted by atomic mass is 10.1. The van der Waals surface area contributed by atoms with E-state index in [1.807, 2.05) is 19.1 Å². The molecule has 0 atom stereocenters. The van der Waals surface area contributed by atoms with Crippen LogP contribution in [0.15, 0.2) is 18.2 Å². The predicted molar refractivity (Wildman–Crippen MR) is 67.7 cm³/mol. The molecule has 0 spiro atoms. The van der Waals surface area contributed by atoms with E-state index in [-0.39, 0.29) is 5.78 Å². The maximum Gasteiger partial charge on any atom is 0.176 e. The van der Waals surface area contributed by atoms with Gasteiger partial charge in [-0.3, -0.25) is 4.79 Å². The summed E-state index contributed by atoms with van der Waals surface area (Å²) in [7, 11) is 0. The molecule has 0 aliphatic carbocycles. The minimum atomic E-state index is 0.0998. The first kappa shape index (κ1) is 12.7. The van der Waals surface area contributed by atoms with Crippen molar-refractivity contribution in [3.63, 3.8) is 0 Å². The Balaban J connectivity index is 2.50. The summed E-state index contributed by atoms with van der Waals surface area (Å²) in [6.07, 6.45) is 2.24. The fourth-order valence-electron chi connectivity index (χ4n) is 1.42. The van der Waals surface area contributed by atoms with Gasteiger partial charge < -0.3 is 11.1 Å². The van der Waals surface area contributed by atoms with Gasteiger partial charge in [-0.1, -0.05) is 25.5 Å². The molecular formula is C13H20N2O. The number of unbranched alkanes of at least 4 members (excludes halogenated alkanes) is 1. The molecule has 0 aliphatic heterocycles. The molecule has 0 amide bonds. The number of aryl methyl sites for hydroxylation is 1. The van der Waals surface area contributed by atoms with Crippen molar-refractivity contribution < 1.29 is 4.79 Å². The number of nitrogen functional groups attached to an aromatic ring is 1. The van der Waals surface area contributed by atoms with Gasteiger partial charge in [0.2, 0.25) is 0 Å². The molecule has 0 heterocycles. The summed E-state index contributed by atoms with van der Waals surface area (Å²) in [6.45, 7) is 5.35. The highest BCUT2D eigenvalue weighted by Crippen LogP contribution is 2.12. The van der Waals surface area contributed by atoms with Crippen LogP contribution in [-0.2, 0) is 0 Å². The number of benzene rings is 1. The lowest BCUT2D eigenvalue weighted by Gasteiger charge is -2.05. The zero-order valence-electron chi connectivity index (χ0n) is 10.0. The molecule has 0 aromatic heterocycles.